The number of amides is 1. The van der Waals surface area contributed by atoms with Crippen LogP contribution in [0.3, 0.4) is 0 Å². The van der Waals surface area contributed by atoms with Crippen LogP contribution in [0.4, 0.5) is 4.79 Å². The van der Waals surface area contributed by atoms with Crippen LogP contribution >= 0.6 is 0 Å². The monoisotopic (exact) mass is 323 g/mol. The molecule has 3 aliphatic carbocycles. The predicted molar refractivity (Wildman–Crippen MR) is 85.8 cm³/mol. The van der Waals surface area contributed by atoms with Crippen molar-refractivity contribution < 1.29 is 19.1 Å². The predicted octanol–water partition coefficient (Wildman–Crippen LogP) is 3.41. The van der Waals surface area contributed by atoms with Crippen LogP contribution in [0.25, 0.3) is 0 Å². The van der Waals surface area contributed by atoms with E-state index in [2.05, 4.69) is 12.2 Å². The van der Waals surface area contributed by atoms with Gasteiger partial charge in [-0.05, 0) is 64.2 Å². The van der Waals surface area contributed by atoms with E-state index in [9.17, 15) is 9.59 Å². The molecule has 3 aliphatic rings. The molecule has 0 aromatic heterocycles. The van der Waals surface area contributed by atoms with Gasteiger partial charge < -0.3 is 14.8 Å². The molecule has 5 heteroatoms. The number of alkyl carbamates (subject to hydrolysis) is 1. The van der Waals surface area contributed by atoms with Gasteiger partial charge in [0, 0.05) is 6.54 Å². The molecule has 0 heterocycles. The zero-order valence-corrected chi connectivity index (χ0v) is 14.7. The van der Waals surface area contributed by atoms with E-state index >= 15 is 0 Å². The maximum absolute atomic E-state index is 12.4. The summed E-state index contributed by atoms with van der Waals surface area (Å²) in [6, 6.07) is 0. The molecule has 0 aromatic carbocycles. The molecule has 3 rings (SSSR count). The Labute approximate surface area is 138 Å². The van der Waals surface area contributed by atoms with Crippen LogP contribution in [0.2, 0.25) is 0 Å². The Morgan fingerprint density at radius 3 is 2.35 bits per heavy atom. The molecular weight excluding hydrogens is 294 g/mol. The number of hydrogen-bond acceptors (Lipinski definition) is 4. The number of esters is 1. The van der Waals surface area contributed by atoms with Gasteiger partial charge in [0.1, 0.15) is 11.7 Å². The van der Waals surface area contributed by atoms with Crippen LogP contribution in [0, 0.1) is 16.7 Å². The Hall–Kier alpha value is -1.26. The number of hydrogen-bond donors (Lipinski definition) is 1. The van der Waals surface area contributed by atoms with Crippen LogP contribution in [-0.4, -0.2) is 30.3 Å². The number of ether oxygens (including phenoxy) is 2. The van der Waals surface area contributed by atoms with Crippen molar-refractivity contribution in [3.05, 3.63) is 0 Å². The van der Waals surface area contributed by atoms with Crippen LogP contribution in [0.1, 0.15) is 66.2 Å². The Balaban J connectivity index is 1.36. The van der Waals surface area contributed by atoms with Gasteiger partial charge in [0.05, 0.1) is 5.41 Å². The molecule has 23 heavy (non-hydrogen) atoms. The van der Waals surface area contributed by atoms with E-state index in [4.69, 9.17) is 9.47 Å². The number of nitrogens with one attached hydrogen (secondary N) is 1. The third-order valence-electron chi connectivity index (χ3n) is 5.60. The first-order valence-electron chi connectivity index (χ1n) is 8.87. The van der Waals surface area contributed by atoms with E-state index in [1.807, 2.05) is 20.8 Å². The minimum Gasteiger partial charge on any atom is -0.462 e. The van der Waals surface area contributed by atoms with E-state index in [0.717, 1.165) is 32.1 Å². The summed E-state index contributed by atoms with van der Waals surface area (Å²) in [7, 11) is 0. The number of unbranched alkanes of at least 4 members (excludes halogenated alkanes) is 1. The van der Waals surface area contributed by atoms with Gasteiger partial charge in [-0.15, -0.1) is 0 Å². The molecule has 0 bridgehead atoms. The normalized spacial score (nSPS) is 34.3. The van der Waals surface area contributed by atoms with Gasteiger partial charge >= 0.3 is 12.1 Å². The highest BCUT2D eigenvalue weighted by atomic mass is 16.6. The van der Waals surface area contributed by atoms with Crippen molar-refractivity contribution >= 4 is 12.1 Å². The summed E-state index contributed by atoms with van der Waals surface area (Å²) in [5, 5.41) is 2.77. The van der Waals surface area contributed by atoms with Gasteiger partial charge in [0.25, 0.3) is 0 Å². The Morgan fingerprint density at radius 1 is 1.22 bits per heavy atom. The van der Waals surface area contributed by atoms with E-state index in [-0.39, 0.29) is 29.0 Å². The van der Waals surface area contributed by atoms with E-state index in [1.54, 1.807) is 0 Å². The Kier molecular flexibility index (Phi) is 3.88. The van der Waals surface area contributed by atoms with Crippen molar-refractivity contribution in [1.29, 1.82) is 0 Å². The van der Waals surface area contributed by atoms with Gasteiger partial charge in [0.2, 0.25) is 0 Å². The molecule has 1 N–H and O–H groups in total. The molecule has 5 nitrogen and oxygen atoms in total. The first kappa shape index (κ1) is 16.6. The SMILES string of the molecule is CC(C)(C)OC(=O)NCCCCC1(C(=O)OC2CC2)C2CC21C. The van der Waals surface area contributed by atoms with Crippen molar-refractivity contribution in [2.45, 2.75) is 77.9 Å². The highest BCUT2D eigenvalue weighted by Gasteiger charge is 2.89. The number of carbonyl (C=O) groups excluding carboxylic acids is 2. The maximum atomic E-state index is 12.4. The Bertz CT molecular complexity index is 508. The van der Waals surface area contributed by atoms with E-state index < -0.39 is 5.60 Å². The van der Waals surface area contributed by atoms with Gasteiger partial charge in [-0.1, -0.05) is 13.3 Å². The standard InChI is InChI=1S/C18H29NO4/c1-16(2,3)23-15(21)19-10-6-5-9-18(13-11-17(13,18)4)14(20)22-12-7-8-12/h12-13H,5-11H2,1-4H3,(H,19,21). The summed E-state index contributed by atoms with van der Waals surface area (Å²) in [6.45, 7) is 8.35. The van der Waals surface area contributed by atoms with Gasteiger partial charge in [-0.3, -0.25) is 4.79 Å². The molecule has 0 aliphatic heterocycles. The fourth-order valence-electron chi connectivity index (χ4n) is 3.87. The van der Waals surface area contributed by atoms with Crippen LogP contribution in [-0.2, 0) is 14.3 Å². The minimum absolute atomic E-state index is 0.0406. The van der Waals surface area contributed by atoms with Crippen LogP contribution < -0.4 is 5.32 Å². The second kappa shape index (κ2) is 5.38. The first-order chi connectivity index (χ1) is 10.7. The molecule has 1 amide bonds. The zero-order valence-electron chi connectivity index (χ0n) is 14.7. The average Bonchev–Trinajstić information content (AvgIpc) is 3.31. The second-order valence-electron chi connectivity index (χ2n) is 8.64. The lowest BCUT2D eigenvalue weighted by atomic mass is 9.83. The summed E-state index contributed by atoms with van der Waals surface area (Å²) >= 11 is 0. The fourth-order valence-corrected chi connectivity index (χ4v) is 3.87. The fraction of sp³-hybridized carbons (Fsp3) is 0.889. The maximum Gasteiger partial charge on any atom is 0.407 e. The van der Waals surface area contributed by atoms with Crippen molar-refractivity contribution in [2.24, 2.45) is 16.7 Å². The van der Waals surface area contributed by atoms with Crippen molar-refractivity contribution in [3.63, 3.8) is 0 Å². The van der Waals surface area contributed by atoms with Crippen molar-refractivity contribution in [3.8, 4) is 0 Å². The first-order valence-corrected chi connectivity index (χ1v) is 8.87. The molecule has 0 radical (unpaired) electrons. The molecular formula is C18H29NO4. The topological polar surface area (TPSA) is 64.6 Å². The van der Waals surface area contributed by atoms with E-state index in [1.165, 1.54) is 6.42 Å². The lowest BCUT2D eigenvalue weighted by Gasteiger charge is -2.24. The van der Waals surface area contributed by atoms with Crippen molar-refractivity contribution in [1.82, 2.24) is 5.32 Å². The summed E-state index contributed by atoms with van der Waals surface area (Å²) in [6.07, 6.45) is 5.73. The molecule has 0 spiro atoms. The minimum atomic E-state index is -0.468. The summed E-state index contributed by atoms with van der Waals surface area (Å²) < 4.78 is 10.8. The van der Waals surface area contributed by atoms with Crippen molar-refractivity contribution in [2.75, 3.05) is 6.54 Å². The third kappa shape index (κ3) is 3.20. The lowest BCUT2D eigenvalue weighted by Crippen LogP contribution is -2.33. The largest absolute Gasteiger partial charge is 0.462 e. The van der Waals surface area contributed by atoms with Crippen LogP contribution in [0.15, 0.2) is 0 Å². The second-order valence-corrected chi connectivity index (χ2v) is 8.64. The number of rotatable bonds is 7. The average molecular weight is 323 g/mol. The molecule has 0 saturated heterocycles. The summed E-state index contributed by atoms with van der Waals surface area (Å²) in [5.74, 6) is 0.582. The molecule has 130 valence electrons. The van der Waals surface area contributed by atoms with Crippen LogP contribution in [0.5, 0.6) is 0 Å². The third-order valence-corrected chi connectivity index (χ3v) is 5.60. The molecule has 3 fully saturated rings. The van der Waals surface area contributed by atoms with Gasteiger partial charge in [-0.2, -0.15) is 0 Å². The zero-order chi connectivity index (χ0) is 16.9. The highest BCUT2D eigenvalue weighted by Crippen LogP contribution is 2.89. The van der Waals surface area contributed by atoms with Gasteiger partial charge in [-0.25, -0.2) is 4.79 Å². The smallest absolute Gasteiger partial charge is 0.407 e. The number of carbonyl (C=O) groups is 2. The molecule has 3 unspecified atom stereocenters. The Morgan fingerprint density at radius 2 is 1.87 bits per heavy atom. The quantitative estimate of drug-likeness (QED) is 0.576. The summed E-state index contributed by atoms with van der Waals surface area (Å²) in [4.78, 5) is 24.0. The highest BCUT2D eigenvalue weighted by molar-refractivity contribution is 5.86. The molecule has 3 atom stereocenters. The summed E-state index contributed by atoms with van der Waals surface area (Å²) in [5.41, 5.74) is -0.469. The molecule has 3 saturated carbocycles. The lowest BCUT2D eigenvalue weighted by molar-refractivity contribution is -0.155. The van der Waals surface area contributed by atoms with E-state index in [0.29, 0.717) is 12.5 Å². The number of fused-ring (bicyclic) bond motifs is 1. The van der Waals surface area contributed by atoms with Gasteiger partial charge in [0.15, 0.2) is 0 Å². The molecule has 0 aromatic rings.